The molecule has 0 radical (unpaired) electrons. The Labute approximate surface area is 154 Å². The number of urea groups is 1. The molecule has 2 atom stereocenters. The lowest BCUT2D eigenvalue weighted by Gasteiger charge is -2.21. The van der Waals surface area contributed by atoms with E-state index in [9.17, 15) is 14.4 Å². The number of nitrogens with zero attached hydrogens (tertiary/aromatic N) is 1. The van der Waals surface area contributed by atoms with Gasteiger partial charge in [-0.15, -0.1) is 0 Å². The van der Waals surface area contributed by atoms with Gasteiger partial charge in [0.2, 0.25) is 5.91 Å². The third-order valence-corrected chi connectivity index (χ3v) is 4.64. The maximum Gasteiger partial charge on any atom is 0.325 e. The molecule has 6 nitrogen and oxygen atoms in total. The standard InChI is InChI=1S/C15H17Cl2N3O3S/c1-8(13(21)18-11-6-9(16)5-10(17)7-11)20-14(22)12(3-4-24-2)19-15(20)23/h5-8,12H,3-4H2,1-2H3,(H,18,21)(H,19,23)/t8-,12-/m0/s1. The first-order chi connectivity index (χ1) is 11.3. The van der Waals surface area contributed by atoms with Crippen LogP contribution < -0.4 is 10.6 Å². The third-order valence-electron chi connectivity index (χ3n) is 3.56. The Balaban J connectivity index is 2.07. The number of hydrogen-bond donors (Lipinski definition) is 2. The van der Waals surface area contributed by atoms with Crippen molar-refractivity contribution in [2.75, 3.05) is 17.3 Å². The smallest absolute Gasteiger partial charge is 0.325 e. The van der Waals surface area contributed by atoms with Crippen LogP contribution in [0.2, 0.25) is 10.0 Å². The summed E-state index contributed by atoms with van der Waals surface area (Å²) in [5.74, 6) is -0.144. The van der Waals surface area contributed by atoms with E-state index < -0.39 is 24.0 Å². The topological polar surface area (TPSA) is 78.5 Å². The minimum absolute atomic E-state index is 0.373. The number of carbonyl (C=O) groups excluding carboxylic acids is 3. The van der Waals surface area contributed by atoms with Gasteiger partial charge in [0, 0.05) is 15.7 Å². The van der Waals surface area contributed by atoms with Gasteiger partial charge in [-0.3, -0.25) is 14.5 Å². The highest BCUT2D eigenvalue weighted by molar-refractivity contribution is 7.98. The van der Waals surface area contributed by atoms with E-state index in [2.05, 4.69) is 10.6 Å². The molecule has 1 fully saturated rings. The number of anilines is 1. The van der Waals surface area contributed by atoms with Gasteiger partial charge in [0.05, 0.1) is 0 Å². The van der Waals surface area contributed by atoms with Gasteiger partial charge in [0.1, 0.15) is 12.1 Å². The number of carbonyl (C=O) groups is 3. The van der Waals surface area contributed by atoms with Gasteiger partial charge in [0.15, 0.2) is 0 Å². The predicted molar refractivity (Wildman–Crippen MR) is 96.7 cm³/mol. The summed E-state index contributed by atoms with van der Waals surface area (Å²) in [6.45, 7) is 1.50. The molecular formula is C15H17Cl2N3O3S. The van der Waals surface area contributed by atoms with Crippen molar-refractivity contribution < 1.29 is 14.4 Å². The molecule has 0 aliphatic carbocycles. The van der Waals surface area contributed by atoms with Crippen LogP contribution in [0.5, 0.6) is 0 Å². The maximum absolute atomic E-state index is 12.4. The van der Waals surface area contributed by atoms with Crippen molar-refractivity contribution in [3.8, 4) is 0 Å². The molecule has 1 saturated heterocycles. The molecule has 1 aliphatic rings. The Morgan fingerprint density at radius 2 is 1.96 bits per heavy atom. The second-order valence-electron chi connectivity index (χ2n) is 5.32. The molecule has 1 aliphatic heterocycles. The zero-order chi connectivity index (χ0) is 17.9. The summed E-state index contributed by atoms with van der Waals surface area (Å²) in [6.07, 6.45) is 2.45. The van der Waals surface area contributed by atoms with Crippen molar-refractivity contribution in [2.24, 2.45) is 0 Å². The number of imide groups is 1. The van der Waals surface area contributed by atoms with E-state index >= 15 is 0 Å². The van der Waals surface area contributed by atoms with Crippen LogP contribution in [0.1, 0.15) is 13.3 Å². The summed E-state index contributed by atoms with van der Waals surface area (Å²) in [5.41, 5.74) is 0.398. The lowest BCUT2D eigenvalue weighted by Crippen LogP contribution is -2.46. The SMILES string of the molecule is CSCC[C@@H]1NC(=O)N([C@@H](C)C(=O)Nc2cc(Cl)cc(Cl)c2)C1=O. The van der Waals surface area contributed by atoms with Crippen molar-refractivity contribution in [1.82, 2.24) is 10.2 Å². The number of nitrogens with one attached hydrogen (secondary N) is 2. The third kappa shape index (κ3) is 4.34. The van der Waals surface area contributed by atoms with Crippen LogP contribution in [-0.2, 0) is 9.59 Å². The Kier molecular flexibility index (Phi) is 6.37. The number of thioether (sulfide) groups is 1. The van der Waals surface area contributed by atoms with E-state index in [-0.39, 0.29) is 5.91 Å². The molecule has 1 aromatic rings. The zero-order valence-corrected chi connectivity index (χ0v) is 15.5. The van der Waals surface area contributed by atoms with E-state index in [1.807, 2.05) is 6.26 Å². The van der Waals surface area contributed by atoms with E-state index in [4.69, 9.17) is 23.2 Å². The average molecular weight is 390 g/mol. The van der Waals surface area contributed by atoms with Crippen LogP contribution in [-0.4, -0.2) is 46.8 Å². The molecule has 0 unspecified atom stereocenters. The summed E-state index contributed by atoms with van der Waals surface area (Å²) < 4.78 is 0. The maximum atomic E-state index is 12.4. The second-order valence-corrected chi connectivity index (χ2v) is 7.17. The molecule has 24 heavy (non-hydrogen) atoms. The van der Waals surface area contributed by atoms with Crippen LogP contribution in [0, 0.1) is 0 Å². The zero-order valence-electron chi connectivity index (χ0n) is 13.1. The summed E-state index contributed by atoms with van der Waals surface area (Å²) in [5, 5.41) is 5.97. The number of amides is 4. The Hall–Kier alpha value is -1.44. The summed E-state index contributed by atoms with van der Waals surface area (Å²) >= 11 is 13.4. The highest BCUT2D eigenvalue weighted by Gasteiger charge is 2.42. The number of halogens is 2. The fraction of sp³-hybridized carbons (Fsp3) is 0.400. The normalized spacial score (nSPS) is 18.5. The number of benzene rings is 1. The fourth-order valence-corrected chi connectivity index (χ4v) is 3.33. The van der Waals surface area contributed by atoms with E-state index in [1.165, 1.54) is 25.1 Å². The second kappa shape index (κ2) is 8.09. The summed E-state index contributed by atoms with van der Waals surface area (Å²) in [4.78, 5) is 37.7. The lowest BCUT2D eigenvalue weighted by molar-refractivity contribution is -0.133. The van der Waals surface area contributed by atoms with Crippen LogP contribution in [0.4, 0.5) is 10.5 Å². The largest absolute Gasteiger partial charge is 0.326 e. The molecule has 0 saturated carbocycles. The van der Waals surface area contributed by atoms with Crippen molar-refractivity contribution >= 4 is 58.5 Å². The van der Waals surface area contributed by atoms with Gasteiger partial charge in [-0.05, 0) is 43.6 Å². The monoisotopic (exact) mass is 389 g/mol. The molecule has 4 amide bonds. The van der Waals surface area contributed by atoms with Gasteiger partial charge >= 0.3 is 6.03 Å². The molecule has 1 heterocycles. The van der Waals surface area contributed by atoms with Gasteiger partial charge in [-0.1, -0.05) is 23.2 Å². The highest BCUT2D eigenvalue weighted by Crippen LogP contribution is 2.23. The van der Waals surface area contributed by atoms with Crippen molar-refractivity contribution in [2.45, 2.75) is 25.4 Å². The molecule has 130 valence electrons. The lowest BCUT2D eigenvalue weighted by atomic mass is 10.2. The minimum atomic E-state index is -0.950. The van der Waals surface area contributed by atoms with Crippen LogP contribution in [0.25, 0.3) is 0 Å². The van der Waals surface area contributed by atoms with Crippen LogP contribution >= 0.6 is 35.0 Å². The quantitative estimate of drug-likeness (QED) is 0.732. The first-order valence-electron chi connectivity index (χ1n) is 7.23. The Bertz CT molecular complexity index is 651. The summed E-state index contributed by atoms with van der Waals surface area (Å²) in [7, 11) is 0. The van der Waals surface area contributed by atoms with Crippen LogP contribution in [0.15, 0.2) is 18.2 Å². The summed E-state index contributed by atoms with van der Waals surface area (Å²) in [6, 6.07) is 2.51. The predicted octanol–water partition coefficient (Wildman–Crippen LogP) is 2.99. The molecule has 2 N–H and O–H groups in total. The van der Waals surface area contributed by atoms with E-state index in [1.54, 1.807) is 11.8 Å². The fourth-order valence-electron chi connectivity index (χ4n) is 2.34. The minimum Gasteiger partial charge on any atom is -0.326 e. The van der Waals surface area contributed by atoms with Gasteiger partial charge < -0.3 is 10.6 Å². The molecule has 9 heteroatoms. The average Bonchev–Trinajstić information content (AvgIpc) is 2.77. The Morgan fingerprint density at radius 1 is 1.33 bits per heavy atom. The number of hydrogen-bond acceptors (Lipinski definition) is 4. The van der Waals surface area contributed by atoms with Crippen molar-refractivity contribution in [1.29, 1.82) is 0 Å². The van der Waals surface area contributed by atoms with Gasteiger partial charge in [-0.25, -0.2) is 4.79 Å². The molecular weight excluding hydrogens is 373 g/mol. The molecule has 2 rings (SSSR count). The molecule has 0 aromatic heterocycles. The number of rotatable bonds is 6. The van der Waals surface area contributed by atoms with Gasteiger partial charge in [0.25, 0.3) is 5.91 Å². The first-order valence-corrected chi connectivity index (χ1v) is 9.38. The molecule has 1 aromatic carbocycles. The molecule has 0 bridgehead atoms. The first kappa shape index (κ1) is 18.9. The van der Waals surface area contributed by atoms with E-state index in [0.29, 0.717) is 22.2 Å². The molecule has 0 spiro atoms. The van der Waals surface area contributed by atoms with Crippen LogP contribution in [0.3, 0.4) is 0 Å². The van der Waals surface area contributed by atoms with E-state index in [0.717, 1.165) is 10.7 Å². The van der Waals surface area contributed by atoms with Gasteiger partial charge in [-0.2, -0.15) is 11.8 Å². The Morgan fingerprint density at radius 3 is 2.54 bits per heavy atom. The van der Waals surface area contributed by atoms with Crippen molar-refractivity contribution in [3.63, 3.8) is 0 Å². The highest BCUT2D eigenvalue weighted by atomic mass is 35.5. The van der Waals surface area contributed by atoms with Crippen molar-refractivity contribution in [3.05, 3.63) is 28.2 Å².